The van der Waals surface area contributed by atoms with Crippen LogP contribution >= 0.6 is 11.3 Å². The maximum absolute atomic E-state index is 4.73. The molecule has 1 fully saturated rings. The molecule has 2 heterocycles. The van der Waals surface area contributed by atoms with Gasteiger partial charge in [-0.25, -0.2) is 4.98 Å². The molecule has 0 aliphatic carbocycles. The number of piperazine rings is 1. The zero-order chi connectivity index (χ0) is 15.4. The Bertz CT molecular complexity index is 591. The molecule has 3 nitrogen and oxygen atoms in total. The molecule has 0 bridgehead atoms. The molecule has 0 radical (unpaired) electrons. The van der Waals surface area contributed by atoms with Crippen molar-refractivity contribution in [3.05, 3.63) is 51.5 Å². The second-order valence-corrected chi connectivity index (χ2v) is 6.81. The lowest BCUT2D eigenvalue weighted by Gasteiger charge is -2.36. The summed E-state index contributed by atoms with van der Waals surface area (Å²) in [7, 11) is 0. The van der Waals surface area contributed by atoms with Gasteiger partial charge >= 0.3 is 0 Å². The van der Waals surface area contributed by atoms with Crippen molar-refractivity contribution in [2.24, 2.45) is 0 Å². The summed E-state index contributed by atoms with van der Waals surface area (Å²) in [4.78, 5) is 7.30. The van der Waals surface area contributed by atoms with E-state index in [0.717, 1.165) is 39.0 Å². The molecule has 118 valence electrons. The van der Waals surface area contributed by atoms with Gasteiger partial charge in [0.05, 0.1) is 10.7 Å². The second-order valence-electron chi connectivity index (χ2n) is 5.87. The third-order valence-corrected chi connectivity index (χ3v) is 5.44. The van der Waals surface area contributed by atoms with Gasteiger partial charge in [0.2, 0.25) is 0 Å². The summed E-state index contributed by atoms with van der Waals surface area (Å²) >= 11 is 1.79. The van der Waals surface area contributed by atoms with E-state index in [9.17, 15) is 0 Å². The first kappa shape index (κ1) is 15.7. The lowest BCUT2D eigenvalue weighted by molar-refractivity contribution is 0.152. The topological polar surface area (TPSA) is 28.2 Å². The molecule has 0 saturated carbocycles. The van der Waals surface area contributed by atoms with Crippen LogP contribution < -0.4 is 5.32 Å². The van der Waals surface area contributed by atoms with Crippen LogP contribution in [-0.2, 0) is 19.4 Å². The highest BCUT2D eigenvalue weighted by Crippen LogP contribution is 2.25. The summed E-state index contributed by atoms with van der Waals surface area (Å²) < 4.78 is 0. The first-order valence-electron chi connectivity index (χ1n) is 8.27. The first-order chi connectivity index (χ1) is 10.8. The highest BCUT2D eigenvalue weighted by Gasteiger charge is 2.24. The van der Waals surface area contributed by atoms with Crippen LogP contribution in [0.5, 0.6) is 0 Å². The zero-order valence-corrected chi connectivity index (χ0v) is 14.3. The molecule has 0 spiro atoms. The fourth-order valence-corrected chi connectivity index (χ4v) is 3.77. The van der Waals surface area contributed by atoms with Crippen LogP contribution in [0.4, 0.5) is 0 Å². The molecule has 1 N–H and O–H groups in total. The van der Waals surface area contributed by atoms with E-state index in [4.69, 9.17) is 4.98 Å². The number of thiazole rings is 1. The van der Waals surface area contributed by atoms with Gasteiger partial charge in [-0.3, -0.25) is 4.90 Å². The van der Waals surface area contributed by atoms with Gasteiger partial charge in [0.1, 0.15) is 0 Å². The molecule has 1 aliphatic heterocycles. The summed E-state index contributed by atoms with van der Waals surface area (Å²) in [5.41, 5.74) is 4.04. The standard InChI is InChI=1S/C18H25N3S/c1-3-14-5-7-15(8-6-14)17-11-19-9-10-21(17)12-16-13-22-18(4-2)20-16/h5-8,13,17,19H,3-4,9-12H2,1-2H3. The van der Waals surface area contributed by atoms with Crippen LogP contribution in [-0.4, -0.2) is 29.5 Å². The maximum Gasteiger partial charge on any atom is 0.0926 e. The van der Waals surface area contributed by atoms with Gasteiger partial charge in [-0.05, 0) is 24.0 Å². The third-order valence-electron chi connectivity index (χ3n) is 4.39. The highest BCUT2D eigenvalue weighted by molar-refractivity contribution is 7.09. The number of aromatic nitrogens is 1. The number of rotatable bonds is 5. The Kier molecular flexibility index (Phi) is 5.24. The van der Waals surface area contributed by atoms with Crippen LogP contribution in [0.3, 0.4) is 0 Å². The van der Waals surface area contributed by atoms with E-state index in [1.807, 2.05) is 0 Å². The normalized spacial score (nSPS) is 19.5. The minimum atomic E-state index is 0.450. The van der Waals surface area contributed by atoms with Gasteiger partial charge in [-0.15, -0.1) is 11.3 Å². The molecule has 1 aromatic carbocycles. The quantitative estimate of drug-likeness (QED) is 0.916. The van der Waals surface area contributed by atoms with Crippen LogP contribution in [0.25, 0.3) is 0 Å². The Morgan fingerprint density at radius 1 is 1.23 bits per heavy atom. The molecule has 1 unspecified atom stereocenters. The van der Waals surface area contributed by atoms with Gasteiger partial charge < -0.3 is 5.32 Å². The summed E-state index contributed by atoms with van der Waals surface area (Å²) in [5.74, 6) is 0. The predicted molar refractivity (Wildman–Crippen MR) is 93.3 cm³/mol. The van der Waals surface area contributed by atoms with Crippen LogP contribution in [0.2, 0.25) is 0 Å². The maximum atomic E-state index is 4.73. The summed E-state index contributed by atoms with van der Waals surface area (Å²) in [6, 6.07) is 9.57. The van der Waals surface area contributed by atoms with Crippen molar-refractivity contribution >= 4 is 11.3 Å². The highest BCUT2D eigenvalue weighted by atomic mass is 32.1. The monoisotopic (exact) mass is 315 g/mol. The van der Waals surface area contributed by atoms with Crippen molar-refractivity contribution < 1.29 is 0 Å². The molecule has 0 amide bonds. The predicted octanol–water partition coefficient (Wildman–Crippen LogP) is 3.41. The fraction of sp³-hybridized carbons (Fsp3) is 0.500. The number of benzene rings is 1. The molecule has 3 rings (SSSR count). The smallest absolute Gasteiger partial charge is 0.0926 e. The Morgan fingerprint density at radius 2 is 2.05 bits per heavy atom. The van der Waals surface area contributed by atoms with Gasteiger partial charge in [-0.1, -0.05) is 38.1 Å². The van der Waals surface area contributed by atoms with E-state index in [-0.39, 0.29) is 0 Å². The second kappa shape index (κ2) is 7.36. The van der Waals surface area contributed by atoms with Crippen molar-refractivity contribution in [1.29, 1.82) is 0 Å². The lowest BCUT2D eigenvalue weighted by Crippen LogP contribution is -2.45. The molecule has 4 heteroatoms. The molecule has 2 aromatic rings. The Hall–Kier alpha value is -1.23. The van der Waals surface area contributed by atoms with Gasteiger partial charge in [0.25, 0.3) is 0 Å². The Labute approximate surface area is 137 Å². The first-order valence-corrected chi connectivity index (χ1v) is 9.15. The number of hydrogen-bond acceptors (Lipinski definition) is 4. The largest absolute Gasteiger partial charge is 0.314 e. The molecule has 1 atom stereocenters. The van der Waals surface area contributed by atoms with E-state index in [0.29, 0.717) is 6.04 Å². The van der Waals surface area contributed by atoms with Gasteiger partial charge in [0.15, 0.2) is 0 Å². The Balaban J connectivity index is 1.75. The Morgan fingerprint density at radius 3 is 2.73 bits per heavy atom. The van der Waals surface area contributed by atoms with E-state index in [2.05, 4.69) is 53.7 Å². The van der Waals surface area contributed by atoms with Gasteiger partial charge in [0, 0.05) is 37.6 Å². The molecular weight excluding hydrogens is 290 g/mol. The molecule has 1 aromatic heterocycles. The third kappa shape index (κ3) is 3.57. The minimum absolute atomic E-state index is 0.450. The average molecular weight is 315 g/mol. The molecule has 1 aliphatic rings. The van der Waals surface area contributed by atoms with Crippen molar-refractivity contribution in [1.82, 2.24) is 15.2 Å². The summed E-state index contributed by atoms with van der Waals surface area (Å²) in [6.45, 7) is 8.50. The van der Waals surface area contributed by atoms with Crippen molar-refractivity contribution in [3.63, 3.8) is 0 Å². The summed E-state index contributed by atoms with van der Waals surface area (Å²) in [5, 5.41) is 7.00. The van der Waals surface area contributed by atoms with Crippen molar-refractivity contribution in [2.75, 3.05) is 19.6 Å². The van der Waals surface area contributed by atoms with Crippen LogP contribution in [0.1, 0.15) is 41.7 Å². The number of hydrogen-bond donors (Lipinski definition) is 1. The van der Waals surface area contributed by atoms with Crippen LogP contribution in [0.15, 0.2) is 29.6 Å². The van der Waals surface area contributed by atoms with E-state index in [1.54, 1.807) is 11.3 Å². The zero-order valence-electron chi connectivity index (χ0n) is 13.5. The minimum Gasteiger partial charge on any atom is -0.314 e. The van der Waals surface area contributed by atoms with E-state index in [1.165, 1.54) is 21.8 Å². The van der Waals surface area contributed by atoms with Gasteiger partial charge in [-0.2, -0.15) is 0 Å². The van der Waals surface area contributed by atoms with E-state index >= 15 is 0 Å². The number of nitrogens with one attached hydrogen (secondary N) is 1. The lowest BCUT2D eigenvalue weighted by atomic mass is 10.0. The van der Waals surface area contributed by atoms with Crippen molar-refractivity contribution in [3.8, 4) is 0 Å². The average Bonchev–Trinajstić information content (AvgIpc) is 3.03. The number of aryl methyl sites for hydroxylation is 2. The van der Waals surface area contributed by atoms with E-state index < -0.39 is 0 Å². The summed E-state index contributed by atoms with van der Waals surface area (Å²) in [6.07, 6.45) is 2.14. The molecular formula is C18H25N3S. The SMILES string of the molecule is CCc1ccc(C2CNCCN2Cc2csc(CC)n2)cc1. The van der Waals surface area contributed by atoms with Crippen LogP contribution in [0, 0.1) is 0 Å². The molecule has 22 heavy (non-hydrogen) atoms. The molecule has 1 saturated heterocycles. The fourth-order valence-electron chi connectivity index (χ4n) is 3.03. The van der Waals surface area contributed by atoms with Crippen molar-refractivity contribution in [2.45, 2.75) is 39.3 Å². The number of nitrogens with zero attached hydrogens (tertiary/aromatic N) is 2.